The van der Waals surface area contributed by atoms with Crippen molar-refractivity contribution in [2.24, 2.45) is 5.92 Å². The molecule has 1 atom stereocenters. The second kappa shape index (κ2) is 5.78. The molecule has 1 N–H and O–H groups in total. The fraction of sp³-hybridized carbons (Fsp3) is 0.636. The van der Waals surface area contributed by atoms with E-state index in [-0.39, 0.29) is 0 Å². The fourth-order valence-corrected chi connectivity index (χ4v) is 1.80. The fourth-order valence-electron chi connectivity index (χ4n) is 1.80. The van der Waals surface area contributed by atoms with E-state index in [2.05, 4.69) is 15.3 Å². The van der Waals surface area contributed by atoms with Crippen LogP contribution in [-0.4, -0.2) is 29.7 Å². The van der Waals surface area contributed by atoms with Crippen LogP contribution in [0.15, 0.2) is 18.6 Å². The second-order valence-electron chi connectivity index (χ2n) is 3.92. The minimum atomic E-state index is 0.574. The van der Waals surface area contributed by atoms with E-state index in [1.165, 1.54) is 12.8 Å². The first-order valence-electron chi connectivity index (χ1n) is 5.48. The summed E-state index contributed by atoms with van der Waals surface area (Å²) in [7, 11) is 0. The zero-order valence-electron chi connectivity index (χ0n) is 8.85. The van der Waals surface area contributed by atoms with Gasteiger partial charge in [0.15, 0.2) is 0 Å². The number of rotatable bonds is 4. The highest BCUT2D eigenvalue weighted by molar-refractivity contribution is 4.91. The lowest BCUT2D eigenvalue weighted by Gasteiger charge is -2.22. The number of ether oxygens (including phenoxy) is 1. The molecule has 1 aliphatic heterocycles. The Hall–Kier alpha value is -1.00. The highest BCUT2D eigenvalue weighted by atomic mass is 16.5. The number of nitrogens with zero attached hydrogens (tertiary/aromatic N) is 2. The summed E-state index contributed by atoms with van der Waals surface area (Å²) in [6.07, 6.45) is 7.65. The van der Waals surface area contributed by atoms with Crippen LogP contribution in [0.1, 0.15) is 18.5 Å². The van der Waals surface area contributed by atoms with Gasteiger partial charge in [-0.1, -0.05) is 0 Å². The summed E-state index contributed by atoms with van der Waals surface area (Å²) in [5, 5.41) is 3.38. The standard InChI is InChI=1S/C11H17N3O/c1-2-10(6-12-3-1)8-15-9-11-7-13-4-5-14-11/h4-5,7,10,12H,1-3,6,8-9H2/t10-/m0/s1. The summed E-state index contributed by atoms with van der Waals surface area (Å²) in [6.45, 7) is 3.63. The summed E-state index contributed by atoms with van der Waals surface area (Å²) in [6, 6.07) is 0. The predicted octanol–water partition coefficient (Wildman–Crippen LogP) is 0.993. The average Bonchev–Trinajstić information content (AvgIpc) is 2.32. The summed E-state index contributed by atoms with van der Waals surface area (Å²) in [5.74, 6) is 0.662. The normalized spacial score (nSPS) is 21.5. The Balaban J connectivity index is 1.66. The molecule has 0 radical (unpaired) electrons. The van der Waals surface area contributed by atoms with Gasteiger partial charge in [-0.3, -0.25) is 9.97 Å². The summed E-state index contributed by atoms with van der Waals surface area (Å²) in [5.41, 5.74) is 0.904. The first-order valence-corrected chi connectivity index (χ1v) is 5.48. The molecule has 1 aromatic rings. The van der Waals surface area contributed by atoms with Crippen LogP contribution in [0.3, 0.4) is 0 Å². The molecule has 0 saturated carbocycles. The van der Waals surface area contributed by atoms with Crippen molar-refractivity contribution in [3.05, 3.63) is 24.3 Å². The van der Waals surface area contributed by atoms with Crippen LogP contribution >= 0.6 is 0 Å². The molecular weight excluding hydrogens is 190 g/mol. The number of hydrogen-bond donors (Lipinski definition) is 1. The Bertz CT molecular complexity index is 272. The van der Waals surface area contributed by atoms with Gasteiger partial charge in [0.1, 0.15) is 0 Å². The van der Waals surface area contributed by atoms with Crippen LogP contribution in [0, 0.1) is 5.92 Å². The monoisotopic (exact) mass is 207 g/mol. The van der Waals surface area contributed by atoms with E-state index < -0.39 is 0 Å². The van der Waals surface area contributed by atoms with E-state index in [0.29, 0.717) is 12.5 Å². The zero-order chi connectivity index (χ0) is 10.3. The van der Waals surface area contributed by atoms with Gasteiger partial charge in [0.25, 0.3) is 0 Å². The Labute approximate surface area is 90.1 Å². The van der Waals surface area contributed by atoms with Crippen LogP contribution in [0.5, 0.6) is 0 Å². The van der Waals surface area contributed by atoms with E-state index in [1.807, 2.05) is 0 Å². The minimum absolute atomic E-state index is 0.574. The quantitative estimate of drug-likeness (QED) is 0.800. The highest BCUT2D eigenvalue weighted by Crippen LogP contribution is 2.10. The molecular formula is C11H17N3O. The summed E-state index contributed by atoms with van der Waals surface area (Å²) < 4.78 is 5.62. The molecule has 0 aromatic carbocycles. The molecule has 4 heteroatoms. The Morgan fingerprint density at radius 1 is 1.47 bits per heavy atom. The molecule has 1 saturated heterocycles. The van der Waals surface area contributed by atoms with Gasteiger partial charge in [-0.25, -0.2) is 0 Å². The highest BCUT2D eigenvalue weighted by Gasteiger charge is 2.12. The smallest absolute Gasteiger partial charge is 0.0903 e. The zero-order valence-corrected chi connectivity index (χ0v) is 8.85. The Morgan fingerprint density at radius 2 is 2.47 bits per heavy atom. The number of piperidine rings is 1. The topological polar surface area (TPSA) is 47.0 Å². The molecule has 2 rings (SSSR count). The van der Waals surface area contributed by atoms with Crippen molar-refractivity contribution in [3.63, 3.8) is 0 Å². The van der Waals surface area contributed by atoms with E-state index in [4.69, 9.17) is 4.74 Å². The molecule has 15 heavy (non-hydrogen) atoms. The number of aromatic nitrogens is 2. The van der Waals surface area contributed by atoms with Crippen molar-refractivity contribution < 1.29 is 4.74 Å². The summed E-state index contributed by atoms with van der Waals surface area (Å²) in [4.78, 5) is 8.15. The van der Waals surface area contributed by atoms with Gasteiger partial charge >= 0.3 is 0 Å². The van der Waals surface area contributed by atoms with Gasteiger partial charge in [0.2, 0.25) is 0 Å². The third-order valence-electron chi connectivity index (χ3n) is 2.62. The van der Waals surface area contributed by atoms with Crippen LogP contribution < -0.4 is 5.32 Å². The van der Waals surface area contributed by atoms with Gasteiger partial charge in [0.05, 0.1) is 25.1 Å². The van der Waals surface area contributed by atoms with Crippen molar-refractivity contribution in [1.29, 1.82) is 0 Å². The molecule has 4 nitrogen and oxygen atoms in total. The third kappa shape index (κ3) is 3.57. The maximum Gasteiger partial charge on any atom is 0.0903 e. The second-order valence-corrected chi connectivity index (χ2v) is 3.92. The number of hydrogen-bond acceptors (Lipinski definition) is 4. The first-order chi connectivity index (χ1) is 7.45. The van der Waals surface area contributed by atoms with Crippen molar-refractivity contribution in [2.45, 2.75) is 19.4 Å². The Morgan fingerprint density at radius 3 is 3.20 bits per heavy atom. The van der Waals surface area contributed by atoms with Crippen molar-refractivity contribution in [1.82, 2.24) is 15.3 Å². The van der Waals surface area contributed by atoms with Crippen LogP contribution in [0.25, 0.3) is 0 Å². The van der Waals surface area contributed by atoms with Gasteiger partial charge < -0.3 is 10.1 Å². The van der Waals surface area contributed by atoms with Crippen LogP contribution in [-0.2, 0) is 11.3 Å². The molecule has 0 aliphatic carbocycles. The largest absolute Gasteiger partial charge is 0.375 e. The Kier molecular flexibility index (Phi) is 4.05. The molecule has 0 spiro atoms. The van der Waals surface area contributed by atoms with Gasteiger partial charge in [-0.05, 0) is 25.3 Å². The predicted molar refractivity (Wildman–Crippen MR) is 57.3 cm³/mol. The van der Waals surface area contributed by atoms with E-state index in [0.717, 1.165) is 25.4 Å². The van der Waals surface area contributed by atoms with Crippen molar-refractivity contribution >= 4 is 0 Å². The van der Waals surface area contributed by atoms with Gasteiger partial charge in [-0.2, -0.15) is 0 Å². The van der Waals surface area contributed by atoms with Gasteiger partial charge in [0, 0.05) is 18.9 Å². The first kappa shape index (κ1) is 10.5. The third-order valence-corrected chi connectivity index (χ3v) is 2.62. The molecule has 1 fully saturated rings. The molecule has 2 heterocycles. The van der Waals surface area contributed by atoms with Gasteiger partial charge in [-0.15, -0.1) is 0 Å². The maximum atomic E-state index is 5.62. The molecule has 0 bridgehead atoms. The molecule has 82 valence electrons. The SMILES string of the molecule is c1cnc(COC[C@H]2CCCNC2)cn1. The van der Waals surface area contributed by atoms with E-state index in [9.17, 15) is 0 Å². The van der Waals surface area contributed by atoms with E-state index in [1.54, 1.807) is 18.6 Å². The summed E-state index contributed by atoms with van der Waals surface area (Å²) >= 11 is 0. The average molecular weight is 207 g/mol. The minimum Gasteiger partial charge on any atom is -0.375 e. The van der Waals surface area contributed by atoms with Crippen LogP contribution in [0.2, 0.25) is 0 Å². The molecule has 1 aromatic heterocycles. The lowest BCUT2D eigenvalue weighted by atomic mass is 10.0. The lowest BCUT2D eigenvalue weighted by Crippen LogP contribution is -2.32. The number of nitrogens with one attached hydrogen (secondary N) is 1. The maximum absolute atomic E-state index is 5.62. The van der Waals surface area contributed by atoms with Crippen molar-refractivity contribution in [2.75, 3.05) is 19.7 Å². The molecule has 0 amide bonds. The van der Waals surface area contributed by atoms with E-state index >= 15 is 0 Å². The molecule has 0 unspecified atom stereocenters. The van der Waals surface area contributed by atoms with Crippen molar-refractivity contribution in [3.8, 4) is 0 Å². The molecule has 1 aliphatic rings. The lowest BCUT2D eigenvalue weighted by molar-refractivity contribution is 0.0761. The van der Waals surface area contributed by atoms with Crippen LogP contribution in [0.4, 0.5) is 0 Å².